The van der Waals surface area contributed by atoms with E-state index in [1.807, 2.05) is 20.8 Å². The van der Waals surface area contributed by atoms with Gasteiger partial charge in [-0.15, -0.1) is 0 Å². The lowest BCUT2D eigenvalue weighted by Gasteiger charge is -2.15. The molecular formula is C9H16O3. The van der Waals surface area contributed by atoms with Gasteiger partial charge in [-0.25, -0.2) is 4.79 Å². The predicted octanol–water partition coefficient (Wildman–Crippen LogP) is 1.53. The van der Waals surface area contributed by atoms with Crippen LogP contribution < -0.4 is 0 Å². The van der Waals surface area contributed by atoms with Gasteiger partial charge in [-0.1, -0.05) is 6.58 Å². The molecule has 3 nitrogen and oxygen atoms in total. The summed E-state index contributed by atoms with van der Waals surface area (Å²) >= 11 is 0. The molecular weight excluding hydrogens is 156 g/mol. The van der Waals surface area contributed by atoms with Crippen molar-refractivity contribution in [1.29, 1.82) is 0 Å². The highest BCUT2D eigenvalue weighted by Crippen LogP contribution is 1.97. The van der Waals surface area contributed by atoms with E-state index in [4.69, 9.17) is 9.47 Å². The van der Waals surface area contributed by atoms with E-state index in [0.717, 1.165) is 6.08 Å². The third-order valence-corrected chi connectivity index (χ3v) is 1.13. The number of carbonyl (C=O) groups is 1. The Morgan fingerprint density at radius 2 is 2.08 bits per heavy atom. The van der Waals surface area contributed by atoms with Crippen LogP contribution in [-0.4, -0.2) is 24.8 Å². The molecule has 1 atom stereocenters. The molecule has 70 valence electrons. The Bertz CT molecular complexity index is 152. The zero-order valence-corrected chi connectivity index (χ0v) is 7.87. The minimum absolute atomic E-state index is 0.0612. The van der Waals surface area contributed by atoms with E-state index in [9.17, 15) is 4.79 Å². The molecule has 0 aliphatic carbocycles. The molecule has 0 fully saturated rings. The zero-order chi connectivity index (χ0) is 9.56. The first-order valence-electron chi connectivity index (χ1n) is 4.01. The highest BCUT2D eigenvalue weighted by Gasteiger charge is 2.06. The van der Waals surface area contributed by atoms with Crippen LogP contribution >= 0.6 is 0 Å². The Morgan fingerprint density at radius 3 is 2.50 bits per heavy atom. The van der Waals surface area contributed by atoms with E-state index < -0.39 is 5.97 Å². The Labute approximate surface area is 73.4 Å². The van der Waals surface area contributed by atoms with Crippen LogP contribution in [0.25, 0.3) is 0 Å². The zero-order valence-electron chi connectivity index (χ0n) is 7.87. The number of carbonyl (C=O) groups excluding carboxylic acids is 1. The molecule has 0 radical (unpaired) electrons. The first kappa shape index (κ1) is 11.2. The highest BCUT2D eigenvalue weighted by molar-refractivity contribution is 5.81. The van der Waals surface area contributed by atoms with Crippen molar-refractivity contribution in [1.82, 2.24) is 0 Å². The summed E-state index contributed by atoms with van der Waals surface area (Å²) in [6.45, 7) is 9.30. The van der Waals surface area contributed by atoms with Crippen molar-refractivity contribution in [2.75, 3.05) is 6.61 Å². The molecule has 0 aromatic rings. The van der Waals surface area contributed by atoms with E-state index in [-0.39, 0.29) is 18.8 Å². The molecule has 3 heteroatoms. The lowest BCUT2D eigenvalue weighted by atomic mass is 10.4. The van der Waals surface area contributed by atoms with Gasteiger partial charge in [-0.2, -0.15) is 0 Å². The smallest absolute Gasteiger partial charge is 0.330 e. The molecule has 0 aromatic heterocycles. The van der Waals surface area contributed by atoms with Gasteiger partial charge < -0.3 is 9.47 Å². The highest BCUT2D eigenvalue weighted by atomic mass is 16.6. The lowest BCUT2D eigenvalue weighted by Crippen LogP contribution is -2.21. The van der Waals surface area contributed by atoms with E-state index in [1.165, 1.54) is 0 Å². The maximum Gasteiger partial charge on any atom is 0.330 e. The van der Waals surface area contributed by atoms with Gasteiger partial charge in [-0.3, -0.25) is 0 Å². The number of ether oxygens (including phenoxy) is 2. The van der Waals surface area contributed by atoms with Crippen LogP contribution in [0.2, 0.25) is 0 Å². The SMILES string of the molecule is C=CC(=O)OCC(C)OC(C)C. The summed E-state index contributed by atoms with van der Waals surface area (Å²) < 4.78 is 10.1. The van der Waals surface area contributed by atoms with Crippen molar-refractivity contribution in [2.45, 2.75) is 33.0 Å². The van der Waals surface area contributed by atoms with Crippen molar-refractivity contribution in [3.63, 3.8) is 0 Å². The monoisotopic (exact) mass is 172 g/mol. The fourth-order valence-electron chi connectivity index (χ4n) is 0.762. The minimum Gasteiger partial charge on any atom is -0.460 e. The van der Waals surface area contributed by atoms with Crippen LogP contribution in [0.1, 0.15) is 20.8 Å². The summed E-state index contributed by atoms with van der Waals surface area (Å²) in [5.41, 5.74) is 0. The standard InChI is InChI=1S/C9H16O3/c1-5-9(10)11-6-8(4)12-7(2)3/h5,7-8H,1,6H2,2-4H3. The molecule has 0 N–H and O–H groups in total. The molecule has 0 amide bonds. The van der Waals surface area contributed by atoms with E-state index in [1.54, 1.807) is 0 Å². The number of hydrogen-bond acceptors (Lipinski definition) is 3. The van der Waals surface area contributed by atoms with Crippen LogP contribution in [0.4, 0.5) is 0 Å². The molecule has 12 heavy (non-hydrogen) atoms. The molecule has 0 spiro atoms. The largest absolute Gasteiger partial charge is 0.460 e. The van der Waals surface area contributed by atoms with Gasteiger partial charge >= 0.3 is 5.97 Å². The van der Waals surface area contributed by atoms with Crippen molar-refractivity contribution in [3.05, 3.63) is 12.7 Å². The second-order valence-electron chi connectivity index (χ2n) is 2.83. The third-order valence-electron chi connectivity index (χ3n) is 1.13. The van der Waals surface area contributed by atoms with Gasteiger partial charge in [0.2, 0.25) is 0 Å². The number of rotatable bonds is 5. The first-order valence-corrected chi connectivity index (χ1v) is 4.01. The fourth-order valence-corrected chi connectivity index (χ4v) is 0.762. The van der Waals surface area contributed by atoms with E-state index in [2.05, 4.69) is 6.58 Å². The van der Waals surface area contributed by atoms with Gasteiger partial charge in [0.15, 0.2) is 0 Å². The molecule has 0 aromatic carbocycles. The van der Waals surface area contributed by atoms with Gasteiger partial charge in [0.25, 0.3) is 0 Å². The first-order chi connectivity index (χ1) is 5.56. The normalized spacial score (nSPS) is 12.7. The van der Waals surface area contributed by atoms with E-state index >= 15 is 0 Å². The Hall–Kier alpha value is -0.830. The number of hydrogen-bond donors (Lipinski definition) is 0. The topological polar surface area (TPSA) is 35.5 Å². The van der Waals surface area contributed by atoms with Crippen molar-refractivity contribution in [2.24, 2.45) is 0 Å². The molecule has 0 aliphatic rings. The molecule has 0 heterocycles. The Morgan fingerprint density at radius 1 is 1.50 bits per heavy atom. The molecule has 0 saturated heterocycles. The molecule has 0 saturated carbocycles. The van der Waals surface area contributed by atoms with Crippen LogP contribution in [0.3, 0.4) is 0 Å². The summed E-state index contributed by atoms with van der Waals surface area (Å²) in [5, 5.41) is 0. The minimum atomic E-state index is -0.408. The Balaban J connectivity index is 3.49. The van der Waals surface area contributed by atoms with Gasteiger partial charge in [0.05, 0.1) is 12.2 Å². The van der Waals surface area contributed by atoms with Gasteiger partial charge in [-0.05, 0) is 20.8 Å². The van der Waals surface area contributed by atoms with Crippen molar-refractivity contribution < 1.29 is 14.3 Å². The third kappa shape index (κ3) is 5.92. The van der Waals surface area contributed by atoms with Gasteiger partial charge in [0, 0.05) is 6.08 Å². The van der Waals surface area contributed by atoms with Crippen LogP contribution in [0.15, 0.2) is 12.7 Å². The second-order valence-corrected chi connectivity index (χ2v) is 2.83. The molecule has 1 unspecified atom stereocenters. The maximum absolute atomic E-state index is 10.6. The quantitative estimate of drug-likeness (QED) is 0.466. The van der Waals surface area contributed by atoms with Crippen LogP contribution in [0.5, 0.6) is 0 Å². The van der Waals surface area contributed by atoms with Crippen LogP contribution in [-0.2, 0) is 14.3 Å². The van der Waals surface area contributed by atoms with E-state index in [0.29, 0.717) is 0 Å². The summed E-state index contributed by atoms with van der Waals surface area (Å²) in [7, 11) is 0. The summed E-state index contributed by atoms with van der Waals surface area (Å²) in [6.07, 6.45) is 1.23. The molecule has 0 aliphatic heterocycles. The molecule has 0 rings (SSSR count). The number of esters is 1. The molecule has 0 bridgehead atoms. The predicted molar refractivity (Wildman–Crippen MR) is 46.8 cm³/mol. The van der Waals surface area contributed by atoms with Crippen LogP contribution in [0, 0.1) is 0 Å². The average Bonchev–Trinajstić information content (AvgIpc) is 1.99. The lowest BCUT2D eigenvalue weighted by molar-refractivity contribution is -0.142. The van der Waals surface area contributed by atoms with Crippen molar-refractivity contribution >= 4 is 5.97 Å². The average molecular weight is 172 g/mol. The summed E-state index contributed by atoms with van der Waals surface area (Å²) in [5.74, 6) is -0.408. The fraction of sp³-hybridized carbons (Fsp3) is 0.667. The van der Waals surface area contributed by atoms with Gasteiger partial charge in [0.1, 0.15) is 6.61 Å². The Kier molecular flexibility index (Phi) is 5.37. The maximum atomic E-state index is 10.6. The summed E-state index contributed by atoms with van der Waals surface area (Å²) in [6, 6.07) is 0. The second kappa shape index (κ2) is 5.77. The summed E-state index contributed by atoms with van der Waals surface area (Å²) in [4.78, 5) is 10.6. The van der Waals surface area contributed by atoms with Crippen molar-refractivity contribution in [3.8, 4) is 0 Å².